The van der Waals surface area contributed by atoms with Crippen LogP contribution in [-0.4, -0.2) is 61.3 Å². The Labute approximate surface area is 110 Å². The third-order valence-corrected chi connectivity index (χ3v) is 0. The molecule has 0 aliphatic heterocycles. The average Bonchev–Trinajstić information content (AvgIpc) is 1.12. The summed E-state index contributed by atoms with van der Waals surface area (Å²) in [6, 6.07) is 0. The molecular weight excluding hydrogens is 424 g/mol. The van der Waals surface area contributed by atoms with Crippen LogP contribution in [0.2, 0.25) is 0 Å². The molecule has 12 heavy (non-hydrogen) atoms. The van der Waals surface area contributed by atoms with Crippen molar-refractivity contribution in [2.24, 2.45) is 0 Å². The van der Waals surface area contributed by atoms with Crippen molar-refractivity contribution in [2.45, 2.75) is 0 Å². The fourth-order valence-electron chi connectivity index (χ4n) is 0. The van der Waals surface area contributed by atoms with Crippen LogP contribution in [0, 0.1) is 0 Å². The van der Waals surface area contributed by atoms with E-state index < -0.39 is 20.8 Å². The first-order chi connectivity index (χ1) is 4.00. The molecule has 0 unspecified atom stereocenters. The molecule has 0 atom stereocenters. The molecule has 2 radical (unpaired) electrons. The monoisotopic (exact) mass is 424 g/mol. The average molecular weight is 424 g/mol. The molecule has 0 rings (SSSR count). The molecular formula is BiNaO8S2. The minimum absolute atomic E-state index is 0. The van der Waals surface area contributed by atoms with E-state index in [-0.39, 0.29) is 55.8 Å². The van der Waals surface area contributed by atoms with Gasteiger partial charge in [-0.3, -0.25) is 16.8 Å². The molecule has 0 N–H and O–H groups in total. The zero-order chi connectivity index (χ0) is 9.00. The molecule has 0 spiro atoms. The second-order valence-electron chi connectivity index (χ2n) is 0.816. The van der Waals surface area contributed by atoms with Crippen molar-refractivity contribution in [3.63, 3.8) is 0 Å². The van der Waals surface area contributed by atoms with E-state index in [9.17, 15) is 0 Å². The molecule has 8 nitrogen and oxygen atoms in total. The van der Waals surface area contributed by atoms with E-state index in [0.29, 0.717) is 0 Å². The van der Waals surface area contributed by atoms with Gasteiger partial charge in [0.05, 0.1) is 0 Å². The van der Waals surface area contributed by atoms with Crippen molar-refractivity contribution in [1.82, 2.24) is 0 Å². The molecule has 0 fully saturated rings. The van der Waals surface area contributed by atoms with Crippen LogP contribution < -0.4 is 29.6 Å². The summed E-state index contributed by atoms with van der Waals surface area (Å²) in [7, 11) is -10.3. The van der Waals surface area contributed by atoms with Gasteiger partial charge in [0.1, 0.15) is 0 Å². The van der Waals surface area contributed by atoms with Crippen LogP contribution in [0.4, 0.5) is 0 Å². The molecule has 0 heterocycles. The zero-order valence-corrected chi connectivity index (χ0v) is 12.6. The van der Waals surface area contributed by atoms with Crippen LogP contribution in [0.5, 0.6) is 0 Å². The van der Waals surface area contributed by atoms with Gasteiger partial charge in [-0.15, -0.1) is 0 Å². The van der Waals surface area contributed by atoms with E-state index in [1.54, 1.807) is 0 Å². The fourth-order valence-corrected chi connectivity index (χ4v) is 0. The van der Waals surface area contributed by atoms with Crippen LogP contribution >= 0.6 is 0 Å². The maximum atomic E-state index is 8.52. The van der Waals surface area contributed by atoms with Crippen LogP contribution in [0.15, 0.2) is 0 Å². The Kier molecular flexibility index (Phi) is 17.9. The Morgan fingerprint density at radius 2 is 0.667 bits per heavy atom. The van der Waals surface area contributed by atoms with E-state index in [0.717, 1.165) is 0 Å². The van der Waals surface area contributed by atoms with E-state index in [1.165, 1.54) is 0 Å². The van der Waals surface area contributed by atoms with E-state index in [1.807, 2.05) is 0 Å². The summed E-state index contributed by atoms with van der Waals surface area (Å²) in [5, 5.41) is 0. The van der Waals surface area contributed by atoms with Gasteiger partial charge in [-0.1, -0.05) is 0 Å². The summed E-state index contributed by atoms with van der Waals surface area (Å²) in [4.78, 5) is 0. The first-order valence-electron chi connectivity index (χ1n) is 1.33. The summed E-state index contributed by atoms with van der Waals surface area (Å²) in [5.74, 6) is 0. The normalized spacial score (nSPS) is 9.67. The summed E-state index contributed by atoms with van der Waals surface area (Å²) in [5.41, 5.74) is 0. The number of hydrogen-bond donors (Lipinski definition) is 0. The maximum absolute atomic E-state index is 8.52. The number of rotatable bonds is 0. The second-order valence-corrected chi connectivity index (χ2v) is 2.45. The first kappa shape index (κ1) is 23.4. The third kappa shape index (κ3) is 498. The maximum Gasteiger partial charge on any atom is 3.00 e. The van der Waals surface area contributed by atoms with Crippen molar-refractivity contribution in [1.29, 1.82) is 0 Å². The van der Waals surface area contributed by atoms with Gasteiger partial charge in [-0.2, -0.15) is 0 Å². The largest absolute Gasteiger partial charge is 3.00 e. The topological polar surface area (TPSA) is 161 Å². The Balaban J connectivity index is -0.0000000457. The predicted octanol–water partition coefficient (Wildman–Crippen LogP) is -6.05. The van der Waals surface area contributed by atoms with Gasteiger partial charge in [-0.25, -0.2) is 0 Å². The third-order valence-electron chi connectivity index (χ3n) is 0. The molecule has 0 saturated carbocycles. The summed E-state index contributed by atoms with van der Waals surface area (Å²) in [6.07, 6.45) is 0. The van der Waals surface area contributed by atoms with Gasteiger partial charge in [-0.05, 0) is 0 Å². The standard InChI is InChI=1S/Bi.Na.2H2O4S/c;;2*1-5(2,3)4/h;;2*(H2,1,2,3,4)/q+3;+1;;/p-4. The molecule has 0 aromatic heterocycles. The molecule has 66 valence electrons. The van der Waals surface area contributed by atoms with Gasteiger partial charge in [0, 0.05) is 20.8 Å². The zero-order valence-electron chi connectivity index (χ0n) is 5.53. The smallest absolute Gasteiger partial charge is 0.759 e. The first-order valence-corrected chi connectivity index (χ1v) is 4.00. The van der Waals surface area contributed by atoms with Crippen molar-refractivity contribution >= 4 is 47.0 Å². The van der Waals surface area contributed by atoms with Crippen molar-refractivity contribution in [3.05, 3.63) is 0 Å². The SMILES string of the molecule is O=S(=O)([O-])[O-].O=S(=O)([O-])[O-].[Bi+3].[Na+]. The van der Waals surface area contributed by atoms with E-state index in [4.69, 9.17) is 35.0 Å². The van der Waals surface area contributed by atoms with E-state index >= 15 is 0 Å². The van der Waals surface area contributed by atoms with Gasteiger partial charge in [0.15, 0.2) is 0 Å². The van der Waals surface area contributed by atoms with Crippen LogP contribution in [0.3, 0.4) is 0 Å². The number of hydrogen-bond acceptors (Lipinski definition) is 8. The minimum atomic E-state index is -5.17. The van der Waals surface area contributed by atoms with Crippen molar-refractivity contribution < 1.29 is 64.6 Å². The minimum Gasteiger partial charge on any atom is -0.759 e. The van der Waals surface area contributed by atoms with Gasteiger partial charge in [0.25, 0.3) is 0 Å². The van der Waals surface area contributed by atoms with Crippen LogP contribution in [0.1, 0.15) is 0 Å². The molecule has 0 amide bonds. The molecule has 0 aliphatic rings. The van der Waals surface area contributed by atoms with Gasteiger partial charge < -0.3 is 18.2 Å². The predicted molar refractivity (Wildman–Crippen MR) is 26.7 cm³/mol. The van der Waals surface area contributed by atoms with Crippen molar-refractivity contribution in [3.8, 4) is 0 Å². The fraction of sp³-hybridized carbons (Fsp3) is 0. The molecule has 0 bridgehead atoms. The van der Waals surface area contributed by atoms with E-state index in [2.05, 4.69) is 0 Å². The van der Waals surface area contributed by atoms with Gasteiger partial charge in [0.2, 0.25) is 0 Å². The Hall–Kier alpha value is 1.62. The molecule has 12 heteroatoms. The Bertz CT molecular complexity index is 213. The molecule has 0 saturated heterocycles. The summed E-state index contributed by atoms with van der Waals surface area (Å²) >= 11 is 0. The summed E-state index contributed by atoms with van der Waals surface area (Å²) < 4.78 is 68.2. The molecule has 0 aliphatic carbocycles. The summed E-state index contributed by atoms with van der Waals surface area (Å²) in [6.45, 7) is 0. The molecule has 0 aromatic rings. The Morgan fingerprint density at radius 3 is 0.667 bits per heavy atom. The van der Waals surface area contributed by atoms with Crippen LogP contribution in [-0.2, 0) is 20.8 Å². The van der Waals surface area contributed by atoms with Crippen molar-refractivity contribution in [2.75, 3.05) is 0 Å². The van der Waals surface area contributed by atoms with Crippen LogP contribution in [0.25, 0.3) is 0 Å². The Morgan fingerprint density at radius 1 is 0.667 bits per heavy atom. The van der Waals surface area contributed by atoms with Gasteiger partial charge >= 0.3 is 55.8 Å². The molecule has 0 aromatic carbocycles. The quantitative estimate of drug-likeness (QED) is 0.211. The second kappa shape index (κ2) is 9.19.